The van der Waals surface area contributed by atoms with Crippen molar-refractivity contribution in [2.24, 2.45) is 10.3 Å². The Hall–Kier alpha value is -1.55. The highest BCUT2D eigenvalue weighted by molar-refractivity contribution is 5.89. The van der Waals surface area contributed by atoms with E-state index >= 15 is 0 Å². The number of ether oxygens (including phenoxy) is 1. The van der Waals surface area contributed by atoms with Crippen LogP contribution < -0.4 is 5.43 Å². The molecule has 0 unspecified atom stereocenters. The van der Waals surface area contributed by atoms with E-state index in [-0.39, 0.29) is 6.04 Å². The number of carbonyl (C=O) groups excluding carboxylic acids is 1. The van der Waals surface area contributed by atoms with E-state index in [1.54, 1.807) is 6.08 Å². The maximum atomic E-state index is 11.9. The molecule has 9 heteroatoms. The maximum absolute atomic E-state index is 11.9. The highest BCUT2D eigenvalue weighted by Gasteiger charge is 2.50. The quantitative estimate of drug-likeness (QED) is 0.439. The van der Waals surface area contributed by atoms with Crippen LogP contribution in [0.3, 0.4) is 0 Å². The average molecular weight is 270 g/mol. The molecule has 0 saturated carbocycles. The van der Waals surface area contributed by atoms with Crippen molar-refractivity contribution in [3.63, 3.8) is 0 Å². The molecule has 1 saturated heterocycles. The summed E-state index contributed by atoms with van der Waals surface area (Å²) in [5.74, 6) is -0.390. The van der Waals surface area contributed by atoms with E-state index in [4.69, 9.17) is 9.84 Å². The predicted octanol–water partition coefficient (Wildman–Crippen LogP) is -2.51. The third-order valence-corrected chi connectivity index (χ3v) is 3.48. The van der Waals surface area contributed by atoms with E-state index in [0.29, 0.717) is 0 Å². The molecule has 0 spiro atoms. The summed E-state index contributed by atoms with van der Waals surface area (Å²) < 4.78 is 5.34. The van der Waals surface area contributed by atoms with Gasteiger partial charge in [0.1, 0.15) is 24.4 Å². The Morgan fingerprint density at radius 3 is 2.89 bits per heavy atom. The average Bonchev–Trinajstić information content (AvgIpc) is 2.97. The number of nitrogens with zero attached hydrogens (tertiary/aromatic N) is 3. The summed E-state index contributed by atoms with van der Waals surface area (Å²) in [5.41, 5.74) is 2.71. The second-order valence-electron chi connectivity index (χ2n) is 4.62. The minimum atomic E-state index is -1.30. The number of hydrogen-bond acceptors (Lipinski definition) is 8. The van der Waals surface area contributed by atoms with Gasteiger partial charge in [-0.25, -0.2) is 0 Å². The zero-order valence-electron chi connectivity index (χ0n) is 9.83. The van der Waals surface area contributed by atoms with Crippen LogP contribution in [0.25, 0.3) is 0 Å². The first-order valence-corrected chi connectivity index (χ1v) is 5.92. The highest BCUT2D eigenvalue weighted by atomic mass is 16.6. The first-order valence-electron chi connectivity index (χ1n) is 5.92. The zero-order chi connectivity index (χ0) is 13.6. The molecular formula is C10H14N4O5. The van der Waals surface area contributed by atoms with Crippen LogP contribution in [0.2, 0.25) is 0 Å². The van der Waals surface area contributed by atoms with E-state index in [2.05, 4.69) is 15.8 Å². The Morgan fingerprint density at radius 2 is 2.21 bits per heavy atom. The zero-order valence-corrected chi connectivity index (χ0v) is 9.83. The van der Waals surface area contributed by atoms with Gasteiger partial charge in [0.25, 0.3) is 0 Å². The molecule has 0 aliphatic carbocycles. The number of amides is 1. The fraction of sp³-hybridized carbons (Fsp3) is 0.700. The summed E-state index contributed by atoms with van der Waals surface area (Å²) in [4.78, 5) is 13.2. The van der Waals surface area contributed by atoms with Gasteiger partial charge in [0, 0.05) is 6.08 Å². The van der Waals surface area contributed by atoms with Crippen LogP contribution in [0.4, 0.5) is 0 Å². The lowest BCUT2D eigenvalue weighted by Crippen LogP contribution is -2.56. The lowest BCUT2D eigenvalue weighted by atomic mass is 10.1. The molecule has 9 nitrogen and oxygen atoms in total. The molecule has 0 aromatic heterocycles. The largest absolute Gasteiger partial charge is 0.394 e. The molecule has 4 N–H and O–H groups in total. The van der Waals surface area contributed by atoms with E-state index < -0.39 is 43.2 Å². The van der Waals surface area contributed by atoms with E-state index in [1.165, 1.54) is 11.0 Å². The van der Waals surface area contributed by atoms with Gasteiger partial charge in [0.15, 0.2) is 12.4 Å². The van der Waals surface area contributed by atoms with E-state index in [1.807, 2.05) is 0 Å². The van der Waals surface area contributed by atoms with Crippen molar-refractivity contribution in [3.05, 3.63) is 12.2 Å². The Kier molecular flexibility index (Phi) is 2.97. The Balaban J connectivity index is 1.87. The van der Waals surface area contributed by atoms with E-state index in [9.17, 15) is 15.0 Å². The monoisotopic (exact) mass is 270 g/mol. The van der Waals surface area contributed by atoms with Gasteiger partial charge in [0.05, 0.1) is 6.61 Å². The van der Waals surface area contributed by atoms with Gasteiger partial charge in [-0.3, -0.25) is 15.1 Å². The van der Waals surface area contributed by atoms with Crippen LogP contribution in [0.15, 0.2) is 22.5 Å². The maximum Gasteiger partial charge on any atom is 0.250 e. The van der Waals surface area contributed by atoms with Gasteiger partial charge < -0.3 is 20.1 Å². The van der Waals surface area contributed by atoms with Gasteiger partial charge >= 0.3 is 0 Å². The smallest absolute Gasteiger partial charge is 0.250 e. The summed E-state index contributed by atoms with van der Waals surface area (Å²) >= 11 is 0. The van der Waals surface area contributed by atoms with Gasteiger partial charge in [-0.1, -0.05) is 11.3 Å². The van der Waals surface area contributed by atoms with Crippen molar-refractivity contribution < 1.29 is 24.9 Å². The Labute approximate surface area is 108 Å². The lowest BCUT2D eigenvalue weighted by molar-refractivity contribution is -0.155. The second kappa shape index (κ2) is 4.53. The van der Waals surface area contributed by atoms with Crippen molar-refractivity contribution in [2.45, 2.75) is 36.7 Å². The van der Waals surface area contributed by atoms with Crippen molar-refractivity contribution in [2.75, 3.05) is 6.61 Å². The molecule has 6 atom stereocenters. The summed E-state index contributed by atoms with van der Waals surface area (Å²) in [6, 6.07) is -0.279. The highest BCUT2D eigenvalue weighted by Crippen LogP contribution is 2.30. The second-order valence-corrected chi connectivity index (χ2v) is 4.62. The third-order valence-electron chi connectivity index (χ3n) is 3.48. The molecule has 19 heavy (non-hydrogen) atoms. The van der Waals surface area contributed by atoms with Crippen LogP contribution in [0.5, 0.6) is 0 Å². The van der Waals surface area contributed by atoms with Crippen molar-refractivity contribution in [1.82, 2.24) is 10.3 Å². The lowest BCUT2D eigenvalue weighted by Gasteiger charge is -2.36. The van der Waals surface area contributed by atoms with Crippen LogP contribution in [0.1, 0.15) is 0 Å². The first-order chi connectivity index (χ1) is 9.13. The summed E-state index contributed by atoms with van der Waals surface area (Å²) in [7, 11) is 0. The third kappa shape index (κ3) is 1.82. The minimum Gasteiger partial charge on any atom is -0.394 e. The minimum absolute atomic E-state index is 0.279. The Morgan fingerprint density at radius 1 is 1.42 bits per heavy atom. The molecule has 3 aliphatic heterocycles. The number of carbonyl (C=O) groups is 1. The molecule has 3 aliphatic rings. The topological polar surface area (TPSA) is 127 Å². The molecule has 104 valence electrons. The predicted molar refractivity (Wildman–Crippen MR) is 59.3 cm³/mol. The molecule has 0 radical (unpaired) electrons. The molecular weight excluding hydrogens is 256 g/mol. The van der Waals surface area contributed by atoms with Crippen LogP contribution >= 0.6 is 0 Å². The van der Waals surface area contributed by atoms with Gasteiger partial charge in [-0.2, -0.15) is 0 Å². The molecule has 3 heterocycles. The fourth-order valence-corrected chi connectivity index (χ4v) is 2.46. The first kappa shape index (κ1) is 12.5. The van der Waals surface area contributed by atoms with Crippen LogP contribution in [0, 0.1) is 0 Å². The van der Waals surface area contributed by atoms with Crippen molar-refractivity contribution in [3.8, 4) is 0 Å². The van der Waals surface area contributed by atoms with Gasteiger partial charge in [0.2, 0.25) is 5.91 Å². The molecule has 0 bridgehead atoms. The number of nitrogens with one attached hydrogen (secondary N) is 1. The van der Waals surface area contributed by atoms with Crippen molar-refractivity contribution in [1.29, 1.82) is 0 Å². The molecule has 0 aromatic carbocycles. The fourth-order valence-electron chi connectivity index (χ4n) is 2.46. The number of fused-ring (bicyclic) bond motifs is 1. The van der Waals surface area contributed by atoms with Gasteiger partial charge in [-0.05, 0) is 0 Å². The molecule has 1 fully saturated rings. The summed E-state index contributed by atoms with van der Waals surface area (Å²) in [6.45, 7) is -0.444. The summed E-state index contributed by atoms with van der Waals surface area (Å²) in [5, 5.41) is 36.3. The SMILES string of the molecule is O=C1C=C[C@@H]2NN=N[C@@H]2N1[C@@H]1O[C@H](CO)[C@@H](O)[C@@H]1O. The van der Waals surface area contributed by atoms with E-state index in [0.717, 1.165) is 0 Å². The number of aliphatic hydroxyl groups excluding tert-OH is 3. The normalized spacial score (nSPS) is 44.6. The molecule has 1 amide bonds. The van der Waals surface area contributed by atoms with Gasteiger partial charge in [-0.15, -0.1) is 5.11 Å². The Bertz CT molecular complexity index is 442. The number of aliphatic hydroxyl groups is 3. The van der Waals surface area contributed by atoms with Crippen molar-refractivity contribution >= 4 is 5.91 Å². The number of hydrogen-bond donors (Lipinski definition) is 4. The van der Waals surface area contributed by atoms with Crippen LogP contribution in [-0.2, 0) is 9.53 Å². The molecule has 3 rings (SSSR count). The summed E-state index contributed by atoms with van der Waals surface area (Å²) in [6.07, 6.45) is -2.20. The van der Waals surface area contributed by atoms with Crippen LogP contribution in [-0.4, -0.2) is 69.5 Å². The standard InChI is InChI=1S/C10H14N4O5/c15-3-5-7(17)8(18)10(19-5)14-6(16)2-1-4-9(14)12-13-11-4/h1-2,4-5,7-10,15,17-18H,3H2,(H,11,12)/t4-,5+,7+,8-,9+,10+/m0/s1. The molecule has 0 aromatic rings. The number of rotatable bonds is 2.